The van der Waals surface area contributed by atoms with Gasteiger partial charge in [0.1, 0.15) is 18.6 Å². The summed E-state index contributed by atoms with van der Waals surface area (Å²) in [4.78, 5) is 59.5. The predicted octanol–water partition coefficient (Wildman–Crippen LogP) is -1.48. The molecule has 32 heavy (non-hydrogen) atoms. The van der Waals surface area contributed by atoms with E-state index in [1.165, 1.54) is 0 Å². The van der Waals surface area contributed by atoms with E-state index in [0.29, 0.717) is 0 Å². The molecule has 0 spiro atoms. The maximum absolute atomic E-state index is 12.9. The topological polar surface area (TPSA) is 180 Å². The Kier molecular flexibility index (Phi) is 11.4. The molecule has 2 atom stereocenters. The minimum atomic E-state index is -1.21. The number of nitrogens with one attached hydrogen (secondary N) is 4. The summed E-state index contributed by atoms with van der Waals surface area (Å²) >= 11 is 0. The Hall–Kier alpha value is -3.47. The van der Waals surface area contributed by atoms with Gasteiger partial charge in [-0.1, -0.05) is 44.2 Å². The molecule has 0 bridgehead atoms. The van der Waals surface area contributed by atoms with Gasteiger partial charge >= 0.3 is 5.97 Å². The Balaban J connectivity index is 2.84. The number of rotatable bonds is 13. The zero-order valence-corrected chi connectivity index (χ0v) is 18.2. The van der Waals surface area contributed by atoms with E-state index < -0.39 is 54.8 Å². The van der Waals surface area contributed by atoms with Crippen LogP contribution in [-0.2, 0) is 30.4 Å². The molecular weight excluding hydrogens is 418 g/mol. The lowest BCUT2D eigenvalue weighted by molar-refractivity contribution is -0.138. The highest BCUT2D eigenvalue weighted by molar-refractivity contribution is 5.94. The summed E-state index contributed by atoms with van der Waals surface area (Å²) in [6.07, 6.45) is 0.489. The fourth-order valence-corrected chi connectivity index (χ4v) is 2.81. The number of hydrogen-bond acceptors (Lipinski definition) is 6. The van der Waals surface area contributed by atoms with Gasteiger partial charge < -0.3 is 32.1 Å². The van der Waals surface area contributed by atoms with Crippen molar-refractivity contribution in [2.24, 2.45) is 11.7 Å². The van der Waals surface area contributed by atoms with E-state index in [0.717, 1.165) is 5.56 Å². The SMILES string of the molecule is CC(C)CC(NC(=O)C(Cc1ccccc1)NC(=O)CN)C(=O)NCC(=O)NCC(=O)O. The van der Waals surface area contributed by atoms with Crippen molar-refractivity contribution in [3.05, 3.63) is 35.9 Å². The third-order valence-electron chi connectivity index (χ3n) is 4.32. The highest BCUT2D eigenvalue weighted by Crippen LogP contribution is 2.08. The summed E-state index contributed by atoms with van der Waals surface area (Å²) in [6, 6.07) is 7.15. The smallest absolute Gasteiger partial charge is 0.322 e. The van der Waals surface area contributed by atoms with Crippen LogP contribution in [0, 0.1) is 5.92 Å². The van der Waals surface area contributed by atoms with E-state index in [-0.39, 0.29) is 25.3 Å². The summed E-state index contributed by atoms with van der Waals surface area (Å²) in [6.45, 7) is 2.43. The molecule has 1 aromatic carbocycles. The summed E-state index contributed by atoms with van der Waals surface area (Å²) in [5.41, 5.74) is 6.17. The Bertz CT molecular complexity index is 799. The Morgan fingerprint density at radius 1 is 0.875 bits per heavy atom. The van der Waals surface area contributed by atoms with E-state index in [9.17, 15) is 24.0 Å². The van der Waals surface area contributed by atoms with Crippen molar-refractivity contribution in [1.29, 1.82) is 0 Å². The first-order valence-corrected chi connectivity index (χ1v) is 10.2. The lowest BCUT2D eigenvalue weighted by Crippen LogP contribution is -2.56. The van der Waals surface area contributed by atoms with Crippen LogP contribution in [0.1, 0.15) is 25.8 Å². The van der Waals surface area contributed by atoms with Crippen molar-refractivity contribution in [3.63, 3.8) is 0 Å². The molecular formula is C21H31N5O6. The van der Waals surface area contributed by atoms with Gasteiger partial charge in [0, 0.05) is 6.42 Å². The molecule has 2 unspecified atom stereocenters. The molecule has 1 aromatic rings. The number of benzene rings is 1. The summed E-state index contributed by atoms with van der Waals surface area (Å²) < 4.78 is 0. The predicted molar refractivity (Wildman–Crippen MR) is 116 cm³/mol. The molecule has 0 saturated carbocycles. The summed E-state index contributed by atoms with van der Waals surface area (Å²) in [5, 5.41) is 18.3. The molecule has 11 nitrogen and oxygen atoms in total. The van der Waals surface area contributed by atoms with Crippen LogP contribution in [0.5, 0.6) is 0 Å². The van der Waals surface area contributed by atoms with Gasteiger partial charge in [-0.15, -0.1) is 0 Å². The monoisotopic (exact) mass is 449 g/mol. The Morgan fingerprint density at radius 2 is 1.53 bits per heavy atom. The summed E-state index contributed by atoms with van der Waals surface area (Å²) in [7, 11) is 0. The van der Waals surface area contributed by atoms with Crippen LogP contribution in [0.2, 0.25) is 0 Å². The van der Waals surface area contributed by atoms with E-state index >= 15 is 0 Å². The van der Waals surface area contributed by atoms with Gasteiger partial charge in [-0.05, 0) is 17.9 Å². The first-order valence-electron chi connectivity index (χ1n) is 10.2. The zero-order valence-electron chi connectivity index (χ0n) is 18.2. The van der Waals surface area contributed by atoms with Crippen LogP contribution in [-0.4, -0.2) is 66.4 Å². The Morgan fingerprint density at radius 3 is 2.09 bits per heavy atom. The van der Waals surface area contributed by atoms with E-state index in [2.05, 4.69) is 21.3 Å². The van der Waals surface area contributed by atoms with E-state index in [4.69, 9.17) is 10.8 Å². The van der Waals surface area contributed by atoms with Crippen LogP contribution < -0.4 is 27.0 Å². The van der Waals surface area contributed by atoms with Gasteiger partial charge in [-0.3, -0.25) is 24.0 Å². The van der Waals surface area contributed by atoms with E-state index in [1.54, 1.807) is 12.1 Å². The molecule has 0 aromatic heterocycles. The lowest BCUT2D eigenvalue weighted by Gasteiger charge is -2.24. The second-order valence-corrected chi connectivity index (χ2v) is 7.59. The maximum Gasteiger partial charge on any atom is 0.322 e. The van der Waals surface area contributed by atoms with Crippen LogP contribution in [0.25, 0.3) is 0 Å². The van der Waals surface area contributed by atoms with Gasteiger partial charge in [-0.2, -0.15) is 0 Å². The lowest BCUT2D eigenvalue weighted by atomic mass is 10.0. The molecule has 0 saturated heterocycles. The van der Waals surface area contributed by atoms with Gasteiger partial charge in [-0.25, -0.2) is 0 Å². The highest BCUT2D eigenvalue weighted by atomic mass is 16.4. The quantitative estimate of drug-likeness (QED) is 0.212. The molecule has 4 amide bonds. The molecule has 176 valence electrons. The molecule has 0 heterocycles. The molecule has 0 fully saturated rings. The normalized spacial score (nSPS) is 12.4. The van der Waals surface area contributed by atoms with Gasteiger partial charge in [0.25, 0.3) is 0 Å². The second kappa shape index (κ2) is 13.8. The van der Waals surface area contributed by atoms with Gasteiger partial charge in [0.15, 0.2) is 0 Å². The summed E-state index contributed by atoms with van der Waals surface area (Å²) in [5.74, 6) is -3.52. The third kappa shape index (κ3) is 10.5. The minimum Gasteiger partial charge on any atom is -0.480 e. The fourth-order valence-electron chi connectivity index (χ4n) is 2.81. The average molecular weight is 450 g/mol. The van der Waals surface area contributed by atoms with Crippen molar-refractivity contribution in [3.8, 4) is 0 Å². The highest BCUT2D eigenvalue weighted by Gasteiger charge is 2.27. The minimum absolute atomic E-state index is 0.0399. The number of amides is 4. The first kappa shape index (κ1) is 26.6. The molecule has 0 aliphatic carbocycles. The maximum atomic E-state index is 12.9. The number of carboxylic acids is 1. The van der Waals surface area contributed by atoms with Crippen molar-refractivity contribution >= 4 is 29.6 Å². The number of carbonyl (C=O) groups is 5. The molecule has 0 aliphatic heterocycles. The standard InChI is InChI=1S/C21H31N5O6/c1-13(2)8-15(20(31)24-11-18(28)23-12-19(29)30)26-21(32)16(25-17(27)10-22)9-14-6-4-3-5-7-14/h3-7,13,15-16H,8-12,22H2,1-2H3,(H,23,28)(H,24,31)(H,25,27)(H,26,32)(H,29,30). The number of hydrogen-bond donors (Lipinski definition) is 6. The number of aliphatic carboxylic acids is 1. The molecule has 11 heteroatoms. The molecule has 1 rings (SSSR count). The molecule has 0 aliphatic rings. The number of carbonyl (C=O) groups excluding carboxylic acids is 4. The van der Waals surface area contributed by atoms with Crippen LogP contribution >= 0.6 is 0 Å². The third-order valence-corrected chi connectivity index (χ3v) is 4.32. The van der Waals surface area contributed by atoms with Gasteiger partial charge in [0.05, 0.1) is 13.1 Å². The zero-order chi connectivity index (χ0) is 24.1. The average Bonchev–Trinajstić information content (AvgIpc) is 2.75. The van der Waals surface area contributed by atoms with Crippen LogP contribution in [0.3, 0.4) is 0 Å². The van der Waals surface area contributed by atoms with Crippen molar-refractivity contribution < 1.29 is 29.1 Å². The van der Waals surface area contributed by atoms with Crippen molar-refractivity contribution in [2.75, 3.05) is 19.6 Å². The van der Waals surface area contributed by atoms with Crippen molar-refractivity contribution in [1.82, 2.24) is 21.3 Å². The van der Waals surface area contributed by atoms with Crippen molar-refractivity contribution in [2.45, 2.75) is 38.8 Å². The fraction of sp³-hybridized carbons (Fsp3) is 0.476. The van der Waals surface area contributed by atoms with Crippen LogP contribution in [0.15, 0.2) is 30.3 Å². The van der Waals surface area contributed by atoms with Crippen LogP contribution in [0.4, 0.5) is 0 Å². The first-order chi connectivity index (χ1) is 15.1. The van der Waals surface area contributed by atoms with Gasteiger partial charge in [0.2, 0.25) is 23.6 Å². The van der Waals surface area contributed by atoms with E-state index in [1.807, 2.05) is 32.0 Å². The Labute approximate surface area is 186 Å². The molecule has 0 radical (unpaired) electrons. The second-order valence-electron chi connectivity index (χ2n) is 7.59. The molecule has 7 N–H and O–H groups in total. The number of nitrogens with two attached hydrogens (primary N) is 1. The number of carboxylic acid groups (broad SMARTS) is 1. The largest absolute Gasteiger partial charge is 0.480 e.